The second-order valence-electron chi connectivity index (χ2n) is 6.78. The number of carbonyl (C=O) groups excluding carboxylic acids is 5. The van der Waals surface area contributed by atoms with Crippen LogP contribution in [0.2, 0.25) is 0 Å². The molecule has 0 spiro atoms. The number of carbonyl (C=O) groups is 6. The molecule has 0 radical (unpaired) electrons. The summed E-state index contributed by atoms with van der Waals surface area (Å²) in [5.41, 5.74) is 3.00. The summed E-state index contributed by atoms with van der Waals surface area (Å²) in [4.78, 5) is 75.6. The van der Waals surface area contributed by atoms with Gasteiger partial charge in [0.15, 0.2) is 0 Å². The molecule has 2 aliphatic rings. The lowest BCUT2D eigenvalue weighted by Crippen LogP contribution is -2.71. The predicted molar refractivity (Wildman–Crippen MR) is 95.1 cm³/mol. The van der Waals surface area contributed by atoms with E-state index in [0.717, 1.165) is 11.8 Å². The Morgan fingerprint density at radius 2 is 1.72 bits per heavy atom. The Kier molecular flexibility index (Phi) is 4.93. The monoisotopic (exact) mass is 402 g/mol. The van der Waals surface area contributed by atoms with Crippen molar-refractivity contribution in [3.05, 3.63) is 35.4 Å². The number of nitrogens with two attached hydrogens (primary N) is 1. The zero-order valence-corrected chi connectivity index (χ0v) is 15.4. The molecule has 2 heterocycles. The van der Waals surface area contributed by atoms with Crippen LogP contribution in [-0.2, 0) is 19.2 Å². The largest absolute Gasteiger partial charge is 0.478 e. The number of aliphatic carboxylic acids is 1. The highest BCUT2D eigenvalue weighted by molar-refractivity contribution is 6.23. The van der Waals surface area contributed by atoms with Crippen LogP contribution in [0.15, 0.2) is 24.3 Å². The number of carboxylic acid groups (broad SMARTS) is 1. The van der Waals surface area contributed by atoms with Gasteiger partial charge in [0.25, 0.3) is 17.7 Å². The summed E-state index contributed by atoms with van der Waals surface area (Å²) in [5, 5.41) is 11.7. The van der Waals surface area contributed by atoms with Crippen LogP contribution in [0.25, 0.3) is 0 Å². The Hall–Kier alpha value is -3.60. The Labute approximate surface area is 164 Å². The number of nitrogens with one attached hydrogen (secondary N) is 1. The molecule has 11 nitrogen and oxygen atoms in total. The number of hydrogen-bond acceptors (Lipinski definition) is 7. The van der Waals surface area contributed by atoms with Gasteiger partial charge < -0.3 is 16.2 Å². The number of hydrogen-bond donors (Lipinski definition) is 3. The maximum Gasteiger partial charge on any atom is 0.350 e. The van der Waals surface area contributed by atoms with Crippen molar-refractivity contribution in [2.24, 2.45) is 5.73 Å². The number of carboxylic acids is 1. The highest BCUT2D eigenvalue weighted by atomic mass is 16.4. The predicted octanol–water partition coefficient (Wildman–Crippen LogP) is -1.32. The fourth-order valence-corrected chi connectivity index (χ4v) is 3.50. The van der Waals surface area contributed by atoms with Crippen LogP contribution in [-0.4, -0.2) is 68.7 Å². The number of amides is 5. The van der Waals surface area contributed by atoms with E-state index in [9.17, 15) is 33.9 Å². The third kappa shape index (κ3) is 3.05. The van der Waals surface area contributed by atoms with Gasteiger partial charge in [-0.2, -0.15) is 0 Å². The van der Waals surface area contributed by atoms with Crippen LogP contribution >= 0.6 is 0 Å². The fourth-order valence-electron chi connectivity index (χ4n) is 3.50. The van der Waals surface area contributed by atoms with Crippen LogP contribution in [0.4, 0.5) is 0 Å². The molecule has 1 aromatic rings. The van der Waals surface area contributed by atoms with Crippen LogP contribution in [0.5, 0.6) is 0 Å². The lowest BCUT2D eigenvalue weighted by Gasteiger charge is -2.42. The van der Waals surface area contributed by atoms with Gasteiger partial charge in [0, 0.05) is 6.42 Å². The van der Waals surface area contributed by atoms with Crippen molar-refractivity contribution in [1.82, 2.24) is 15.1 Å². The minimum atomic E-state index is -2.43. The molecule has 3 rings (SSSR count). The van der Waals surface area contributed by atoms with Crippen molar-refractivity contribution >= 4 is 35.5 Å². The molecular weight excluding hydrogens is 384 g/mol. The number of rotatable bonds is 5. The van der Waals surface area contributed by atoms with E-state index in [0.29, 0.717) is 4.90 Å². The van der Waals surface area contributed by atoms with E-state index in [4.69, 9.17) is 5.73 Å². The summed E-state index contributed by atoms with van der Waals surface area (Å²) in [6, 6.07) is 4.63. The summed E-state index contributed by atoms with van der Waals surface area (Å²) in [6.07, 6.45) is -0.453. The molecule has 152 valence electrons. The third-order valence-electron chi connectivity index (χ3n) is 4.96. The van der Waals surface area contributed by atoms with Gasteiger partial charge in [-0.3, -0.25) is 28.9 Å². The summed E-state index contributed by atoms with van der Waals surface area (Å²) in [6.45, 7) is 0.393. The van der Waals surface area contributed by atoms with Gasteiger partial charge >= 0.3 is 5.97 Å². The average molecular weight is 402 g/mol. The van der Waals surface area contributed by atoms with E-state index in [2.05, 4.69) is 5.32 Å². The SMILES string of the molecule is C[C@@](NC(=O)CN)(C(=O)O)N1C(=O)CCC(N2C(=O)c3ccccc3C2=O)C1=O. The molecule has 0 bridgehead atoms. The van der Waals surface area contributed by atoms with E-state index >= 15 is 0 Å². The molecule has 1 fully saturated rings. The van der Waals surface area contributed by atoms with Crippen LogP contribution < -0.4 is 11.1 Å². The van der Waals surface area contributed by atoms with Crippen molar-refractivity contribution in [3.8, 4) is 0 Å². The number of imide groups is 2. The lowest BCUT2D eigenvalue weighted by atomic mass is 9.97. The molecule has 0 saturated carbocycles. The quantitative estimate of drug-likeness (QED) is 0.510. The van der Waals surface area contributed by atoms with Gasteiger partial charge in [-0.15, -0.1) is 0 Å². The molecule has 0 aliphatic carbocycles. The zero-order chi connectivity index (χ0) is 21.5. The Balaban J connectivity index is 1.99. The number of fused-ring (bicyclic) bond motifs is 1. The highest BCUT2D eigenvalue weighted by Crippen LogP contribution is 2.31. The van der Waals surface area contributed by atoms with Gasteiger partial charge in [-0.05, 0) is 25.5 Å². The first kappa shape index (κ1) is 20.1. The number of nitrogens with zero attached hydrogens (tertiary/aromatic N) is 2. The second-order valence-corrected chi connectivity index (χ2v) is 6.78. The standard InChI is InChI=1S/C18H18N4O7/c1-18(17(28)29,20-12(23)8-19)22-13(24)7-6-11(16(22)27)21-14(25)9-4-2-3-5-10(9)15(21)26/h2-5,11H,6-8,19H2,1H3,(H,20,23)(H,28,29)/t11?,18-/m0/s1. The Bertz CT molecular complexity index is 924. The summed E-state index contributed by atoms with van der Waals surface area (Å²) in [7, 11) is 0. The van der Waals surface area contributed by atoms with Crippen molar-refractivity contribution in [2.45, 2.75) is 31.5 Å². The molecule has 29 heavy (non-hydrogen) atoms. The Morgan fingerprint density at radius 1 is 1.17 bits per heavy atom. The summed E-state index contributed by atoms with van der Waals surface area (Å²) >= 11 is 0. The number of benzene rings is 1. The molecule has 2 atom stereocenters. The van der Waals surface area contributed by atoms with Gasteiger partial charge in [0.1, 0.15) is 6.04 Å². The maximum atomic E-state index is 13.1. The van der Waals surface area contributed by atoms with E-state index in [1.807, 2.05) is 0 Å². The van der Waals surface area contributed by atoms with E-state index < -0.39 is 53.8 Å². The molecule has 4 N–H and O–H groups in total. The number of likely N-dealkylation sites (tertiary alicyclic amines) is 1. The minimum absolute atomic E-state index is 0.117. The first-order valence-electron chi connectivity index (χ1n) is 8.71. The van der Waals surface area contributed by atoms with Gasteiger partial charge in [-0.25, -0.2) is 9.69 Å². The van der Waals surface area contributed by atoms with Crippen LogP contribution in [0, 0.1) is 0 Å². The first-order valence-corrected chi connectivity index (χ1v) is 8.71. The highest BCUT2D eigenvalue weighted by Gasteiger charge is 2.54. The van der Waals surface area contributed by atoms with Crippen LogP contribution in [0.3, 0.4) is 0 Å². The van der Waals surface area contributed by atoms with Crippen molar-refractivity contribution in [3.63, 3.8) is 0 Å². The fraction of sp³-hybridized carbons (Fsp3) is 0.333. The van der Waals surface area contributed by atoms with Gasteiger partial charge in [0.05, 0.1) is 17.7 Å². The number of piperidine rings is 1. The third-order valence-corrected chi connectivity index (χ3v) is 4.96. The molecule has 1 saturated heterocycles. The van der Waals surface area contributed by atoms with Gasteiger partial charge in [-0.1, -0.05) is 12.1 Å². The zero-order valence-electron chi connectivity index (χ0n) is 15.4. The minimum Gasteiger partial charge on any atom is -0.478 e. The normalized spacial score (nSPS) is 21.1. The lowest BCUT2D eigenvalue weighted by molar-refractivity contribution is -0.173. The van der Waals surface area contributed by atoms with Crippen LogP contribution in [0.1, 0.15) is 40.5 Å². The van der Waals surface area contributed by atoms with Crippen molar-refractivity contribution < 1.29 is 33.9 Å². The van der Waals surface area contributed by atoms with Crippen molar-refractivity contribution in [2.75, 3.05) is 6.54 Å². The second kappa shape index (κ2) is 7.09. The smallest absolute Gasteiger partial charge is 0.350 e. The molecule has 1 aromatic carbocycles. The van der Waals surface area contributed by atoms with E-state index in [-0.39, 0.29) is 24.0 Å². The van der Waals surface area contributed by atoms with E-state index in [1.165, 1.54) is 12.1 Å². The molecule has 1 unspecified atom stereocenters. The van der Waals surface area contributed by atoms with Crippen molar-refractivity contribution in [1.29, 1.82) is 0 Å². The van der Waals surface area contributed by atoms with E-state index in [1.54, 1.807) is 12.1 Å². The molecule has 0 aromatic heterocycles. The topological polar surface area (TPSA) is 167 Å². The maximum absolute atomic E-state index is 13.1. The Morgan fingerprint density at radius 3 is 2.21 bits per heavy atom. The average Bonchev–Trinajstić information content (AvgIpc) is 2.93. The molecule has 2 aliphatic heterocycles. The molecule has 11 heteroatoms. The molecule has 5 amide bonds. The summed E-state index contributed by atoms with van der Waals surface area (Å²) in [5.74, 6) is -5.92. The van der Waals surface area contributed by atoms with Gasteiger partial charge in [0.2, 0.25) is 17.5 Å². The summed E-state index contributed by atoms with van der Waals surface area (Å²) < 4.78 is 0. The first-order chi connectivity index (χ1) is 13.6. The molecular formula is C18H18N4O7.